The molecule has 0 aliphatic heterocycles. The van der Waals surface area contributed by atoms with Crippen molar-refractivity contribution in [1.82, 2.24) is 0 Å². The summed E-state index contributed by atoms with van der Waals surface area (Å²) in [4.78, 5) is 11.1. The lowest BCUT2D eigenvalue weighted by atomic mass is 9.99. The number of rotatable bonds is 3. The Balaban J connectivity index is 2.77. The van der Waals surface area contributed by atoms with Gasteiger partial charge in [0.2, 0.25) is 0 Å². The maximum Gasteiger partial charge on any atom is 0.336 e. The van der Waals surface area contributed by atoms with Crippen molar-refractivity contribution < 1.29 is 9.90 Å². The average molecular weight is 224 g/mol. The van der Waals surface area contributed by atoms with Crippen LogP contribution in [0.4, 0.5) is 0 Å². The van der Waals surface area contributed by atoms with Crippen molar-refractivity contribution in [2.24, 2.45) is 0 Å². The highest BCUT2D eigenvalue weighted by Crippen LogP contribution is 2.23. The van der Waals surface area contributed by atoms with Crippen LogP contribution >= 0.6 is 0 Å². The van der Waals surface area contributed by atoms with Gasteiger partial charge < -0.3 is 5.11 Å². The molecule has 2 aromatic rings. The molecule has 0 fully saturated rings. The molecule has 0 unspecified atom stereocenters. The number of aromatic carboxylic acids is 1. The van der Waals surface area contributed by atoms with Crippen molar-refractivity contribution in [1.29, 1.82) is 0 Å². The SMILES string of the molecule is C=Cc1ccc2cc(C(=O)O)c(C=C)cc2c1. The van der Waals surface area contributed by atoms with Crippen molar-refractivity contribution in [2.45, 2.75) is 0 Å². The van der Waals surface area contributed by atoms with Crippen LogP contribution in [0.1, 0.15) is 21.5 Å². The maximum absolute atomic E-state index is 11.1. The highest BCUT2D eigenvalue weighted by atomic mass is 16.4. The van der Waals surface area contributed by atoms with Crippen LogP contribution in [0, 0.1) is 0 Å². The van der Waals surface area contributed by atoms with Crippen molar-refractivity contribution in [3.8, 4) is 0 Å². The smallest absolute Gasteiger partial charge is 0.336 e. The lowest BCUT2D eigenvalue weighted by Crippen LogP contribution is -1.99. The topological polar surface area (TPSA) is 37.3 Å². The van der Waals surface area contributed by atoms with Crippen LogP contribution < -0.4 is 0 Å². The van der Waals surface area contributed by atoms with E-state index >= 15 is 0 Å². The fraction of sp³-hybridized carbons (Fsp3) is 0. The van der Waals surface area contributed by atoms with E-state index in [4.69, 9.17) is 5.11 Å². The second kappa shape index (κ2) is 4.26. The van der Waals surface area contributed by atoms with E-state index in [0.717, 1.165) is 16.3 Å². The zero-order chi connectivity index (χ0) is 12.4. The number of carboxylic acids is 1. The molecule has 2 aromatic carbocycles. The van der Waals surface area contributed by atoms with Crippen LogP contribution in [0.3, 0.4) is 0 Å². The second-order valence-electron chi connectivity index (χ2n) is 3.76. The number of carbonyl (C=O) groups is 1. The number of fused-ring (bicyclic) bond motifs is 1. The first-order chi connectivity index (χ1) is 8.15. The number of benzene rings is 2. The minimum Gasteiger partial charge on any atom is -0.478 e. The minimum atomic E-state index is -0.936. The molecule has 0 aliphatic carbocycles. The zero-order valence-corrected chi connectivity index (χ0v) is 9.31. The maximum atomic E-state index is 11.1. The Kier molecular flexibility index (Phi) is 2.79. The van der Waals surface area contributed by atoms with Crippen molar-refractivity contribution >= 4 is 28.9 Å². The Morgan fingerprint density at radius 2 is 1.82 bits per heavy atom. The van der Waals surface area contributed by atoms with Gasteiger partial charge in [0.05, 0.1) is 5.56 Å². The number of carboxylic acid groups (broad SMARTS) is 1. The summed E-state index contributed by atoms with van der Waals surface area (Å²) in [6.07, 6.45) is 3.32. The summed E-state index contributed by atoms with van der Waals surface area (Å²) in [7, 11) is 0. The van der Waals surface area contributed by atoms with Crippen LogP contribution in [0.2, 0.25) is 0 Å². The lowest BCUT2D eigenvalue weighted by molar-refractivity contribution is 0.0697. The third kappa shape index (κ3) is 1.97. The van der Waals surface area contributed by atoms with Crippen LogP contribution in [0.25, 0.3) is 22.9 Å². The first kappa shape index (κ1) is 11.1. The quantitative estimate of drug-likeness (QED) is 0.860. The molecular weight excluding hydrogens is 212 g/mol. The summed E-state index contributed by atoms with van der Waals surface area (Å²) < 4.78 is 0. The van der Waals surface area contributed by atoms with Crippen molar-refractivity contribution in [3.05, 3.63) is 60.2 Å². The van der Waals surface area contributed by atoms with Crippen LogP contribution in [-0.2, 0) is 0 Å². The van der Waals surface area contributed by atoms with E-state index in [-0.39, 0.29) is 5.56 Å². The molecule has 17 heavy (non-hydrogen) atoms. The Morgan fingerprint density at radius 3 is 2.41 bits per heavy atom. The van der Waals surface area contributed by atoms with Gasteiger partial charge in [-0.05, 0) is 40.1 Å². The monoisotopic (exact) mass is 224 g/mol. The van der Waals surface area contributed by atoms with E-state index in [1.807, 2.05) is 24.3 Å². The molecule has 1 N–H and O–H groups in total. The standard InChI is InChI=1S/C15H12O2/c1-3-10-5-6-12-9-14(15(16)17)11(4-2)8-13(12)7-10/h3-9H,1-2H2,(H,16,17). The summed E-state index contributed by atoms with van der Waals surface area (Å²) >= 11 is 0. The third-order valence-electron chi connectivity index (χ3n) is 2.72. The molecule has 0 spiro atoms. The molecule has 2 heteroatoms. The molecule has 0 bridgehead atoms. The predicted molar refractivity (Wildman–Crippen MR) is 71.1 cm³/mol. The fourth-order valence-corrected chi connectivity index (χ4v) is 1.81. The van der Waals surface area contributed by atoms with Gasteiger partial charge in [-0.1, -0.05) is 37.4 Å². The van der Waals surface area contributed by atoms with Crippen LogP contribution in [0.15, 0.2) is 43.5 Å². The fourth-order valence-electron chi connectivity index (χ4n) is 1.81. The van der Waals surface area contributed by atoms with E-state index in [1.165, 1.54) is 0 Å². The van der Waals surface area contributed by atoms with Crippen molar-refractivity contribution in [3.63, 3.8) is 0 Å². The molecule has 0 saturated carbocycles. The normalized spacial score (nSPS) is 10.1. The average Bonchev–Trinajstić information content (AvgIpc) is 2.36. The van der Waals surface area contributed by atoms with Gasteiger partial charge in [0.15, 0.2) is 0 Å². The molecule has 2 rings (SSSR count). The van der Waals surface area contributed by atoms with E-state index in [0.29, 0.717) is 5.56 Å². The first-order valence-corrected chi connectivity index (χ1v) is 5.21. The van der Waals surface area contributed by atoms with Crippen molar-refractivity contribution in [2.75, 3.05) is 0 Å². The highest BCUT2D eigenvalue weighted by Gasteiger charge is 2.09. The molecule has 0 atom stereocenters. The summed E-state index contributed by atoms with van der Waals surface area (Å²) in [5.74, 6) is -0.936. The van der Waals surface area contributed by atoms with Crippen LogP contribution in [-0.4, -0.2) is 11.1 Å². The van der Waals surface area contributed by atoms with E-state index in [2.05, 4.69) is 13.2 Å². The number of hydrogen-bond donors (Lipinski definition) is 1. The van der Waals surface area contributed by atoms with E-state index in [1.54, 1.807) is 18.2 Å². The molecular formula is C15H12O2. The first-order valence-electron chi connectivity index (χ1n) is 5.21. The van der Waals surface area contributed by atoms with Gasteiger partial charge in [-0.25, -0.2) is 4.79 Å². The highest BCUT2D eigenvalue weighted by molar-refractivity contribution is 5.99. The Labute approximate surface area is 99.5 Å². The van der Waals surface area contributed by atoms with Gasteiger partial charge in [0.1, 0.15) is 0 Å². The third-order valence-corrected chi connectivity index (χ3v) is 2.72. The summed E-state index contributed by atoms with van der Waals surface area (Å²) in [5.41, 5.74) is 1.92. The molecule has 0 amide bonds. The molecule has 2 nitrogen and oxygen atoms in total. The second-order valence-corrected chi connectivity index (χ2v) is 3.76. The van der Waals surface area contributed by atoms with E-state index in [9.17, 15) is 4.79 Å². The van der Waals surface area contributed by atoms with Gasteiger partial charge in [0.25, 0.3) is 0 Å². The minimum absolute atomic E-state index is 0.277. The largest absolute Gasteiger partial charge is 0.478 e. The van der Waals surface area contributed by atoms with Gasteiger partial charge >= 0.3 is 5.97 Å². The summed E-state index contributed by atoms with van der Waals surface area (Å²) in [6, 6.07) is 9.28. The summed E-state index contributed by atoms with van der Waals surface area (Å²) in [6.45, 7) is 7.35. The number of hydrogen-bond acceptors (Lipinski definition) is 1. The Morgan fingerprint density at radius 1 is 1.06 bits per heavy atom. The Hall–Kier alpha value is -2.35. The van der Waals surface area contributed by atoms with Gasteiger partial charge in [0, 0.05) is 0 Å². The van der Waals surface area contributed by atoms with E-state index < -0.39 is 5.97 Å². The lowest BCUT2D eigenvalue weighted by Gasteiger charge is -2.05. The predicted octanol–water partition coefficient (Wildman–Crippen LogP) is 3.82. The van der Waals surface area contributed by atoms with Crippen LogP contribution in [0.5, 0.6) is 0 Å². The molecule has 0 aliphatic rings. The zero-order valence-electron chi connectivity index (χ0n) is 9.31. The van der Waals surface area contributed by atoms with Gasteiger partial charge in [-0.2, -0.15) is 0 Å². The molecule has 0 aromatic heterocycles. The molecule has 0 saturated heterocycles. The van der Waals surface area contributed by atoms with Gasteiger partial charge in [-0.15, -0.1) is 0 Å². The molecule has 0 radical (unpaired) electrons. The van der Waals surface area contributed by atoms with Gasteiger partial charge in [-0.3, -0.25) is 0 Å². The summed E-state index contributed by atoms with van der Waals surface area (Å²) in [5, 5.41) is 11.0. The molecule has 0 heterocycles. The molecule has 84 valence electrons. The Bertz CT molecular complexity index is 624.